The van der Waals surface area contributed by atoms with Crippen LogP contribution in [0.5, 0.6) is 0 Å². The summed E-state index contributed by atoms with van der Waals surface area (Å²) in [5.41, 5.74) is 0. The van der Waals surface area contributed by atoms with Gasteiger partial charge in [0.1, 0.15) is 0 Å². The monoisotopic (exact) mass is 1040 g/mol. The number of unbranched alkanes of at least 4 members (excludes halogenated alkanes) is 56. The predicted molar refractivity (Wildman–Crippen MR) is 332 cm³/mol. The number of aliphatic hydroxyl groups is 2. The molecule has 0 spiro atoms. The Morgan fingerprint density at radius 2 is 0.514 bits per heavy atom. The van der Waals surface area contributed by atoms with E-state index in [1.807, 2.05) is 6.08 Å². The number of nitrogens with one attached hydrogen (secondary N) is 1. The van der Waals surface area contributed by atoms with E-state index in [9.17, 15) is 15.0 Å². The number of hydrogen-bond donors (Lipinski definition) is 3. The lowest BCUT2D eigenvalue weighted by Crippen LogP contribution is -2.45. The molecule has 0 aliphatic heterocycles. The van der Waals surface area contributed by atoms with E-state index < -0.39 is 12.1 Å². The zero-order chi connectivity index (χ0) is 53.4. The predicted octanol–water partition coefficient (Wildman–Crippen LogP) is 23.4. The van der Waals surface area contributed by atoms with Gasteiger partial charge in [0.15, 0.2) is 0 Å². The Morgan fingerprint density at radius 1 is 0.311 bits per heavy atom. The topological polar surface area (TPSA) is 69.6 Å². The van der Waals surface area contributed by atoms with Gasteiger partial charge >= 0.3 is 0 Å². The fourth-order valence-corrected chi connectivity index (χ4v) is 11.2. The van der Waals surface area contributed by atoms with E-state index >= 15 is 0 Å². The first-order valence-electron chi connectivity index (χ1n) is 34.6. The molecule has 2 unspecified atom stereocenters. The second kappa shape index (κ2) is 66.2. The Hall–Kier alpha value is -1.13. The number of hydrogen-bond acceptors (Lipinski definition) is 3. The smallest absolute Gasteiger partial charge is 0.220 e. The lowest BCUT2D eigenvalue weighted by atomic mass is 10.0. The molecule has 74 heavy (non-hydrogen) atoms. The lowest BCUT2D eigenvalue weighted by molar-refractivity contribution is -0.123. The highest BCUT2D eigenvalue weighted by Gasteiger charge is 2.18. The highest BCUT2D eigenvalue weighted by Crippen LogP contribution is 2.19. The molecule has 4 nitrogen and oxygen atoms in total. The minimum absolute atomic E-state index is 0.0543. The molecular weight excluding hydrogens is 903 g/mol. The number of amides is 1. The first kappa shape index (κ1) is 72.9. The molecule has 1 amide bonds. The van der Waals surface area contributed by atoms with Crippen molar-refractivity contribution >= 4 is 5.91 Å². The van der Waals surface area contributed by atoms with E-state index in [4.69, 9.17) is 0 Å². The van der Waals surface area contributed by atoms with Crippen LogP contribution in [0, 0.1) is 0 Å². The maximum atomic E-state index is 12.5. The minimum atomic E-state index is -0.838. The highest BCUT2D eigenvalue weighted by molar-refractivity contribution is 5.76. The van der Waals surface area contributed by atoms with Gasteiger partial charge in [0.05, 0.1) is 18.8 Å². The zero-order valence-corrected chi connectivity index (χ0v) is 50.9. The molecule has 0 bridgehead atoms. The molecule has 440 valence electrons. The summed E-state index contributed by atoms with van der Waals surface area (Å²) >= 11 is 0. The fourth-order valence-electron chi connectivity index (χ4n) is 11.2. The molecule has 0 saturated carbocycles. The Balaban J connectivity index is 3.40. The molecule has 0 aliphatic carbocycles. The average Bonchev–Trinajstić information content (AvgIpc) is 3.40. The van der Waals surface area contributed by atoms with Crippen LogP contribution in [-0.4, -0.2) is 34.9 Å². The molecule has 0 heterocycles. The van der Waals surface area contributed by atoms with Crippen molar-refractivity contribution in [1.82, 2.24) is 5.32 Å². The van der Waals surface area contributed by atoms with E-state index in [0.717, 1.165) is 25.7 Å². The van der Waals surface area contributed by atoms with Crippen LogP contribution in [0.3, 0.4) is 0 Å². The van der Waals surface area contributed by atoms with Gasteiger partial charge < -0.3 is 15.5 Å². The van der Waals surface area contributed by atoms with Crippen molar-refractivity contribution in [3.05, 3.63) is 24.3 Å². The molecule has 0 aromatic rings. The van der Waals surface area contributed by atoms with Gasteiger partial charge in [-0.1, -0.05) is 372 Å². The SMILES string of the molecule is CCCCCCCCCC/C=C\CCCCCCCCCCCCCCCCCCCCCCCCCC(=O)NC(CO)C(O)/C=C/CCCCCCCCCCCCCCCCCCCCCCCCCCC. The van der Waals surface area contributed by atoms with Gasteiger partial charge in [-0.25, -0.2) is 0 Å². The second-order valence-corrected chi connectivity index (χ2v) is 24.0. The number of carbonyl (C=O) groups is 1. The van der Waals surface area contributed by atoms with Crippen LogP contribution < -0.4 is 5.32 Å². The Kier molecular flexibility index (Phi) is 65.1. The summed E-state index contributed by atoms with van der Waals surface area (Å²) in [6.07, 6.45) is 89.8. The maximum absolute atomic E-state index is 12.5. The van der Waals surface area contributed by atoms with Crippen LogP contribution in [0.25, 0.3) is 0 Å². The van der Waals surface area contributed by atoms with Crippen molar-refractivity contribution < 1.29 is 15.0 Å². The van der Waals surface area contributed by atoms with Crippen molar-refractivity contribution in [3.63, 3.8) is 0 Å². The lowest BCUT2D eigenvalue weighted by Gasteiger charge is -2.20. The molecule has 0 fully saturated rings. The van der Waals surface area contributed by atoms with E-state index in [0.29, 0.717) is 6.42 Å². The first-order chi connectivity index (χ1) is 36.7. The Labute approximate surface area is 466 Å². The Morgan fingerprint density at radius 3 is 0.743 bits per heavy atom. The molecular formula is C70H137NO3. The summed E-state index contributed by atoms with van der Waals surface area (Å²) < 4.78 is 0. The number of rotatable bonds is 65. The van der Waals surface area contributed by atoms with E-state index in [2.05, 4.69) is 31.3 Å². The van der Waals surface area contributed by atoms with Crippen LogP contribution in [0.4, 0.5) is 0 Å². The third-order valence-corrected chi connectivity index (χ3v) is 16.4. The standard InChI is InChI=1S/C70H137NO3/c1-3-5-7-9-11-13-15-17-19-21-23-25-27-29-31-32-33-34-35-36-37-38-40-42-44-46-48-50-52-54-56-58-60-62-64-66-70(74)71-68(67-72)69(73)65-63-61-59-57-55-53-51-49-47-45-43-41-39-30-28-26-24-22-20-18-16-14-12-10-8-6-4-2/h21,23,63,65,68-69,72-73H,3-20,22,24-62,64,66-67H2,1-2H3,(H,71,74)/b23-21-,65-63+. The van der Waals surface area contributed by atoms with Gasteiger partial charge in [-0.15, -0.1) is 0 Å². The largest absolute Gasteiger partial charge is 0.394 e. The van der Waals surface area contributed by atoms with Gasteiger partial charge in [0.25, 0.3) is 0 Å². The van der Waals surface area contributed by atoms with Crippen molar-refractivity contribution in [2.45, 2.75) is 411 Å². The molecule has 3 N–H and O–H groups in total. The van der Waals surface area contributed by atoms with Crippen molar-refractivity contribution in [3.8, 4) is 0 Å². The molecule has 0 rings (SSSR count). The van der Waals surface area contributed by atoms with Gasteiger partial charge in [-0.2, -0.15) is 0 Å². The van der Waals surface area contributed by atoms with Crippen LogP contribution >= 0.6 is 0 Å². The fraction of sp³-hybridized carbons (Fsp3) is 0.929. The molecule has 0 saturated heterocycles. The molecule has 0 aromatic heterocycles. The van der Waals surface area contributed by atoms with Crippen LogP contribution in [0.15, 0.2) is 24.3 Å². The summed E-state index contributed by atoms with van der Waals surface area (Å²) in [5, 5.41) is 23.3. The quantitative estimate of drug-likeness (QED) is 0.0420. The van der Waals surface area contributed by atoms with Crippen molar-refractivity contribution in [1.29, 1.82) is 0 Å². The minimum Gasteiger partial charge on any atom is -0.394 e. The Bertz CT molecular complexity index is 1090. The summed E-state index contributed by atoms with van der Waals surface area (Å²) in [6, 6.07) is -0.621. The summed E-state index contributed by atoms with van der Waals surface area (Å²) in [4.78, 5) is 12.5. The molecule has 0 aromatic carbocycles. The third-order valence-electron chi connectivity index (χ3n) is 16.4. The summed E-state index contributed by atoms with van der Waals surface area (Å²) in [7, 11) is 0. The van der Waals surface area contributed by atoms with Crippen LogP contribution in [0.2, 0.25) is 0 Å². The van der Waals surface area contributed by atoms with Crippen molar-refractivity contribution in [2.75, 3.05) is 6.61 Å². The number of allylic oxidation sites excluding steroid dienone is 3. The van der Waals surface area contributed by atoms with Gasteiger partial charge in [0.2, 0.25) is 5.91 Å². The molecule has 0 aliphatic rings. The van der Waals surface area contributed by atoms with E-state index in [-0.39, 0.29) is 12.5 Å². The molecule has 0 radical (unpaired) electrons. The average molecular weight is 1040 g/mol. The van der Waals surface area contributed by atoms with E-state index in [1.54, 1.807) is 6.08 Å². The van der Waals surface area contributed by atoms with Gasteiger partial charge in [-0.3, -0.25) is 4.79 Å². The van der Waals surface area contributed by atoms with Crippen LogP contribution in [0.1, 0.15) is 399 Å². The zero-order valence-electron chi connectivity index (χ0n) is 50.9. The van der Waals surface area contributed by atoms with Gasteiger partial charge in [0, 0.05) is 6.42 Å². The third kappa shape index (κ3) is 61.7. The summed E-state index contributed by atoms with van der Waals surface area (Å²) in [6.45, 7) is 4.36. The summed E-state index contributed by atoms with van der Waals surface area (Å²) in [5.74, 6) is -0.0543. The normalized spacial score (nSPS) is 12.8. The van der Waals surface area contributed by atoms with Crippen molar-refractivity contribution in [2.24, 2.45) is 0 Å². The van der Waals surface area contributed by atoms with Gasteiger partial charge in [-0.05, 0) is 44.9 Å². The van der Waals surface area contributed by atoms with E-state index in [1.165, 1.54) is 353 Å². The second-order valence-electron chi connectivity index (χ2n) is 24.0. The number of aliphatic hydroxyl groups excluding tert-OH is 2. The van der Waals surface area contributed by atoms with Crippen LogP contribution in [-0.2, 0) is 4.79 Å². The highest BCUT2D eigenvalue weighted by atomic mass is 16.3. The maximum Gasteiger partial charge on any atom is 0.220 e. The molecule has 4 heteroatoms. The first-order valence-corrected chi connectivity index (χ1v) is 34.6. The number of carbonyl (C=O) groups excluding carboxylic acids is 1. The molecule has 2 atom stereocenters.